The van der Waals surface area contributed by atoms with Gasteiger partial charge in [-0.15, -0.1) is 0 Å². The van der Waals surface area contributed by atoms with E-state index in [-0.39, 0.29) is 17.1 Å². The van der Waals surface area contributed by atoms with Crippen LogP contribution in [0, 0.1) is 0 Å². The normalized spacial score (nSPS) is 13.4. The quantitative estimate of drug-likeness (QED) is 0.869. The van der Waals surface area contributed by atoms with Gasteiger partial charge in [0.2, 0.25) is 5.91 Å². The van der Waals surface area contributed by atoms with Gasteiger partial charge in [-0.05, 0) is 32.9 Å². The number of nitrogens with one attached hydrogen (secondary N) is 1. The number of furan rings is 1. The van der Waals surface area contributed by atoms with Gasteiger partial charge in [0.05, 0.1) is 12.7 Å². The second kappa shape index (κ2) is 6.00. The van der Waals surface area contributed by atoms with E-state index in [2.05, 4.69) is 5.32 Å². The van der Waals surface area contributed by atoms with Crippen LogP contribution in [0.4, 0.5) is 0 Å². The molecule has 0 aromatic carbocycles. The molecule has 1 N–H and O–H groups in total. The van der Waals surface area contributed by atoms with E-state index in [0.717, 1.165) is 0 Å². The Balaban J connectivity index is 2.23. The zero-order chi connectivity index (χ0) is 12.9. The van der Waals surface area contributed by atoms with Crippen molar-refractivity contribution in [2.75, 3.05) is 12.3 Å². The lowest BCUT2D eigenvalue weighted by atomic mass is 10.3. The highest BCUT2D eigenvalue weighted by molar-refractivity contribution is 7.86. The molecule has 0 saturated carbocycles. The molecule has 96 valence electrons. The summed E-state index contributed by atoms with van der Waals surface area (Å²) in [6.45, 7) is 6.21. The molecule has 0 aliphatic carbocycles. The minimum absolute atomic E-state index is 0.106. The predicted octanol–water partition coefficient (Wildman–Crippen LogP) is 1.49. The number of hydrogen-bond acceptors (Lipinski definition) is 3. The summed E-state index contributed by atoms with van der Waals surface area (Å²) in [7, 11) is -0.931. The van der Waals surface area contributed by atoms with Crippen molar-refractivity contribution in [1.82, 2.24) is 5.32 Å². The molecule has 1 aromatic heterocycles. The minimum Gasteiger partial charge on any atom is -0.469 e. The number of carbonyl (C=O) groups excluding carboxylic acids is 1. The van der Waals surface area contributed by atoms with Crippen LogP contribution in [-0.2, 0) is 22.0 Å². The SMILES string of the molecule is CC(C)(C)[S@@](=O)CCNC(=O)Cc1ccco1. The third-order valence-electron chi connectivity index (χ3n) is 2.21. The van der Waals surface area contributed by atoms with Crippen molar-refractivity contribution in [3.63, 3.8) is 0 Å². The van der Waals surface area contributed by atoms with Crippen molar-refractivity contribution < 1.29 is 13.4 Å². The fourth-order valence-corrected chi connectivity index (χ4v) is 2.12. The maximum absolute atomic E-state index is 11.7. The van der Waals surface area contributed by atoms with Crippen LogP contribution in [0.1, 0.15) is 26.5 Å². The van der Waals surface area contributed by atoms with Crippen molar-refractivity contribution in [3.8, 4) is 0 Å². The Bertz CT molecular complexity index is 379. The minimum atomic E-state index is -0.931. The van der Waals surface area contributed by atoms with Crippen molar-refractivity contribution in [3.05, 3.63) is 24.2 Å². The van der Waals surface area contributed by atoms with Gasteiger partial charge in [0, 0.05) is 27.8 Å². The van der Waals surface area contributed by atoms with Crippen LogP contribution in [-0.4, -0.2) is 27.2 Å². The first kappa shape index (κ1) is 14.0. The van der Waals surface area contributed by atoms with Crippen LogP contribution in [0.5, 0.6) is 0 Å². The standard InChI is InChI=1S/C12H19NO3S/c1-12(2,3)17(15)8-6-13-11(14)9-10-5-4-7-16-10/h4-5,7H,6,8-9H2,1-3H3,(H,13,14)/t17-/m0/s1. The average molecular weight is 257 g/mol. The lowest BCUT2D eigenvalue weighted by molar-refractivity contribution is -0.120. The first-order valence-corrected chi connectivity index (χ1v) is 6.89. The number of carbonyl (C=O) groups is 1. The Hall–Kier alpha value is -1.10. The third-order valence-corrected chi connectivity index (χ3v) is 4.15. The second-order valence-electron chi connectivity index (χ2n) is 4.77. The number of amides is 1. The zero-order valence-corrected chi connectivity index (χ0v) is 11.3. The van der Waals surface area contributed by atoms with Gasteiger partial charge < -0.3 is 9.73 Å². The smallest absolute Gasteiger partial charge is 0.227 e. The molecule has 0 aliphatic heterocycles. The van der Waals surface area contributed by atoms with Gasteiger partial charge in [0.15, 0.2) is 0 Å². The van der Waals surface area contributed by atoms with Gasteiger partial charge in [-0.25, -0.2) is 0 Å². The molecule has 0 radical (unpaired) electrons. The Kier molecular flexibility index (Phi) is 4.93. The van der Waals surface area contributed by atoms with Crippen molar-refractivity contribution in [1.29, 1.82) is 0 Å². The van der Waals surface area contributed by atoms with E-state index in [1.165, 1.54) is 6.26 Å². The summed E-state index contributed by atoms with van der Waals surface area (Å²) < 4.78 is 16.5. The highest BCUT2D eigenvalue weighted by Gasteiger charge is 2.18. The van der Waals surface area contributed by atoms with Crippen LogP contribution >= 0.6 is 0 Å². The zero-order valence-electron chi connectivity index (χ0n) is 10.5. The van der Waals surface area contributed by atoms with Crippen molar-refractivity contribution in [2.45, 2.75) is 31.9 Å². The van der Waals surface area contributed by atoms with E-state index in [9.17, 15) is 9.00 Å². The highest BCUT2D eigenvalue weighted by atomic mass is 32.2. The Morgan fingerprint density at radius 2 is 2.18 bits per heavy atom. The molecular weight excluding hydrogens is 238 g/mol. The Morgan fingerprint density at radius 3 is 2.71 bits per heavy atom. The molecule has 0 bridgehead atoms. The molecule has 0 fully saturated rings. The number of rotatable bonds is 5. The molecule has 0 unspecified atom stereocenters. The van der Waals surface area contributed by atoms with E-state index in [1.54, 1.807) is 12.1 Å². The Morgan fingerprint density at radius 1 is 1.47 bits per heavy atom. The molecule has 1 atom stereocenters. The average Bonchev–Trinajstić information content (AvgIpc) is 2.68. The topological polar surface area (TPSA) is 59.3 Å². The molecule has 0 spiro atoms. The van der Waals surface area contributed by atoms with Crippen LogP contribution in [0.15, 0.2) is 22.8 Å². The summed E-state index contributed by atoms with van der Waals surface area (Å²) in [6, 6.07) is 3.50. The summed E-state index contributed by atoms with van der Waals surface area (Å²) in [6.07, 6.45) is 1.77. The molecule has 1 heterocycles. The lowest BCUT2D eigenvalue weighted by Gasteiger charge is -2.17. The number of hydrogen-bond donors (Lipinski definition) is 1. The summed E-state index contributed by atoms with van der Waals surface area (Å²) in [5.41, 5.74) is 0. The molecular formula is C12H19NO3S. The molecule has 1 rings (SSSR count). The maximum atomic E-state index is 11.7. The highest BCUT2D eigenvalue weighted by Crippen LogP contribution is 2.10. The van der Waals surface area contributed by atoms with Gasteiger partial charge in [0.1, 0.15) is 5.76 Å². The monoisotopic (exact) mass is 257 g/mol. The van der Waals surface area contributed by atoms with E-state index < -0.39 is 10.8 Å². The Labute approximate surface area is 104 Å². The van der Waals surface area contributed by atoms with Gasteiger partial charge in [-0.1, -0.05) is 0 Å². The fraction of sp³-hybridized carbons (Fsp3) is 0.583. The fourth-order valence-electron chi connectivity index (χ4n) is 1.22. The predicted molar refractivity (Wildman–Crippen MR) is 68.2 cm³/mol. The van der Waals surface area contributed by atoms with Crippen LogP contribution in [0.25, 0.3) is 0 Å². The summed E-state index contributed by atoms with van der Waals surface area (Å²) in [5.74, 6) is 1.01. The molecule has 1 amide bonds. The first-order chi connectivity index (χ1) is 7.89. The van der Waals surface area contributed by atoms with Crippen LogP contribution < -0.4 is 5.32 Å². The van der Waals surface area contributed by atoms with Gasteiger partial charge in [-0.3, -0.25) is 9.00 Å². The van der Waals surface area contributed by atoms with E-state index >= 15 is 0 Å². The van der Waals surface area contributed by atoms with E-state index in [1.807, 2.05) is 20.8 Å². The van der Waals surface area contributed by atoms with Crippen molar-refractivity contribution >= 4 is 16.7 Å². The third kappa shape index (κ3) is 5.17. The molecule has 0 aliphatic rings. The summed E-state index contributed by atoms with van der Waals surface area (Å²) in [5, 5.41) is 2.73. The maximum Gasteiger partial charge on any atom is 0.227 e. The summed E-state index contributed by atoms with van der Waals surface area (Å²) >= 11 is 0. The van der Waals surface area contributed by atoms with E-state index in [4.69, 9.17) is 4.42 Å². The molecule has 17 heavy (non-hydrogen) atoms. The van der Waals surface area contributed by atoms with Crippen LogP contribution in [0.2, 0.25) is 0 Å². The molecule has 0 saturated heterocycles. The second-order valence-corrected chi connectivity index (χ2v) is 7.09. The van der Waals surface area contributed by atoms with Gasteiger partial charge >= 0.3 is 0 Å². The van der Waals surface area contributed by atoms with Crippen LogP contribution in [0.3, 0.4) is 0 Å². The largest absolute Gasteiger partial charge is 0.469 e. The van der Waals surface area contributed by atoms with E-state index in [0.29, 0.717) is 18.1 Å². The van der Waals surface area contributed by atoms with Gasteiger partial charge in [-0.2, -0.15) is 0 Å². The first-order valence-electron chi connectivity index (χ1n) is 5.57. The molecule has 1 aromatic rings. The summed E-state index contributed by atoms with van der Waals surface area (Å²) in [4.78, 5) is 11.5. The van der Waals surface area contributed by atoms with Gasteiger partial charge in [0.25, 0.3) is 0 Å². The molecule has 5 heteroatoms. The van der Waals surface area contributed by atoms with Crippen molar-refractivity contribution in [2.24, 2.45) is 0 Å². The lowest BCUT2D eigenvalue weighted by Crippen LogP contribution is -2.33. The molecule has 4 nitrogen and oxygen atoms in total.